The lowest BCUT2D eigenvalue weighted by atomic mass is 10.1. The topological polar surface area (TPSA) is 23.5 Å². The van der Waals surface area contributed by atoms with Gasteiger partial charge in [0.2, 0.25) is 0 Å². The van der Waals surface area contributed by atoms with E-state index in [2.05, 4.69) is 17.9 Å². The summed E-state index contributed by atoms with van der Waals surface area (Å²) in [5.74, 6) is -0.327. The van der Waals surface area contributed by atoms with E-state index in [1.807, 2.05) is 6.07 Å². The molecule has 16 heavy (non-hydrogen) atoms. The van der Waals surface area contributed by atoms with Gasteiger partial charge >= 0.3 is 0 Å². The zero-order chi connectivity index (χ0) is 11.5. The van der Waals surface area contributed by atoms with E-state index in [-0.39, 0.29) is 12.4 Å². The van der Waals surface area contributed by atoms with Crippen LogP contribution >= 0.6 is 0 Å². The summed E-state index contributed by atoms with van der Waals surface area (Å²) in [7, 11) is 0. The Morgan fingerprint density at radius 3 is 2.94 bits per heavy atom. The standard InChI is InChI=1S/C13H16FNO/c1-10-4-3-7-15(8-10)13-6-2-5-12(14)11(13)9-16/h2,4-6,16H,3,7-9H2,1H3. The molecule has 0 bridgehead atoms. The monoisotopic (exact) mass is 221 g/mol. The number of rotatable bonds is 2. The first kappa shape index (κ1) is 11.1. The van der Waals surface area contributed by atoms with Gasteiger partial charge in [0.1, 0.15) is 5.82 Å². The Bertz CT molecular complexity index is 414. The van der Waals surface area contributed by atoms with Crippen molar-refractivity contribution in [2.75, 3.05) is 18.0 Å². The lowest BCUT2D eigenvalue weighted by Crippen LogP contribution is -2.30. The summed E-state index contributed by atoms with van der Waals surface area (Å²) in [5.41, 5.74) is 2.51. The molecule has 0 radical (unpaired) electrons. The predicted octanol–water partition coefficient (Wildman–Crippen LogP) is 2.47. The van der Waals surface area contributed by atoms with Crippen molar-refractivity contribution in [1.82, 2.24) is 0 Å². The maximum Gasteiger partial charge on any atom is 0.130 e. The SMILES string of the molecule is CC1=CCCN(c2cccc(F)c2CO)C1. The van der Waals surface area contributed by atoms with Crippen LogP contribution in [0.5, 0.6) is 0 Å². The number of aliphatic hydroxyl groups is 1. The van der Waals surface area contributed by atoms with E-state index >= 15 is 0 Å². The van der Waals surface area contributed by atoms with Gasteiger partial charge in [-0.3, -0.25) is 0 Å². The Morgan fingerprint density at radius 2 is 2.25 bits per heavy atom. The van der Waals surface area contributed by atoms with Crippen LogP contribution in [0.25, 0.3) is 0 Å². The van der Waals surface area contributed by atoms with Crippen LogP contribution < -0.4 is 4.90 Å². The molecule has 0 saturated heterocycles. The maximum absolute atomic E-state index is 13.5. The molecule has 0 saturated carbocycles. The molecule has 0 spiro atoms. The van der Waals surface area contributed by atoms with E-state index in [0.717, 1.165) is 25.2 Å². The Labute approximate surface area is 95.0 Å². The second-order valence-corrected chi connectivity index (χ2v) is 4.16. The van der Waals surface area contributed by atoms with Crippen LogP contribution in [-0.4, -0.2) is 18.2 Å². The van der Waals surface area contributed by atoms with Gasteiger partial charge in [0.05, 0.1) is 6.61 Å². The maximum atomic E-state index is 13.5. The molecule has 3 heteroatoms. The molecule has 0 unspecified atom stereocenters. The largest absolute Gasteiger partial charge is 0.391 e. The molecule has 1 aromatic rings. The van der Waals surface area contributed by atoms with Gasteiger partial charge in [-0.15, -0.1) is 0 Å². The van der Waals surface area contributed by atoms with Crippen molar-refractivity contribution in [3.63, 3.8) is 0 Å². The smallest absolute Gasteiger partial charge is 0.130 e. The third-order valence-electron chi connectivity index (χ3n) is 2.93. The van der Waals surface area contributed by atoms with Crippen molar-refractivity contribution < 1.29 is 9.50 Å². The molecule has 0 fully saturated rings. The fraction of sp³-hybridized carbons (Fsp3) is 0.385. The van der Waals surface area contributed by atoms with E-state index in [1.165, 1.54) is 11.6 Å². The van der Waals surface area contributed by atoms with E-state index in [1.54, 1.807) is 6.07 Å². The van der Waals surface area contributed by atoms with Crippen molar-refractivity contribution in [2.45, 2.75) is 20.0 Å². The van der Waals surface area contributed by atoms with Gasteiger partial charge in [0.15, 0.2) is 0 Å². The quantitative estimate of drug-likeness (QED) is 0.775. The average molecular weight is 221 g/mol. The molecule has 2 rings (SSSR count). The molecule has 86 valence electrons. The summed E-state index contributed by atoms with van der Waals surface area (Å²) in [4.78, 5) is 2.12. The number of hydrogen-bond donors (Lipinski definition) is 1. The zero-order valence-corrected chi connectivity index (χ0v) is 9.41. The Morgan fingerprint density at radius 1 is 1.44 bits per heavy atom. The molecule has 0 aromatic heterocycles. The molecule has 1 heterocycles. The third-order valence-corrected chi connectivity index (χ3v) is 2.93. The van der Waals surface area contributed by atoms with Crippen LogP contribution in [0.3, 0.4) is 0 Å². The number of anilines is 1. The van der Waals surface area contributed by atoms with Gasteiger partial charge in [-0.05, 0) is 25.5 Å². The van der Waals surface area contributed by atoms with E-state index in [0.29, 0.717) is 5.56 Å². The fourth-order valence-corrected chi connectivity index (χ4v) is 2.12. The van der Waals surface area contributed by atoms with Crippen LogP contribution in [0.15, 0.2) is 29.8 Å². The second-order valence-electron chi connectivity index (χ2n) is 4.16. The number of aliphatic hydroxyl groups excluding tert-OH is 1. The van der Waals surface area contributed by atoms with Crippen molar-refractivity contribution >= 4 is 5.69 Å². The number of halogens is 1. The normalized spacial score (nSPS) is 16.2. The van der Waals surface area contributed by atoms with Crippen molar-refractivity contribution in [2.24, 2.45) is 0 Å². The van der Waals surface area contributed by atoms with Crippen molar-refractivity contribution in [1.29, 1.82) is 0 Å². The molecule has 1 N–H and O–H groups in total. The lowest BCUT2D eigenvalue weighted by molar-refractivity contribution is 0.276. The predicted molar refractivity (Wildman–Crippen MR) is 62.9 cm³/mol. The molecule has 1 aliphatic heterocycles. The summed E-state index contributed by atoms with van der Waals surface area (Å²) in [6, 6.07) is 4.95. The minimum Gasteiger partial charge on any atom is -0.391 e. The molecular weight excluding hydrogens is 205 g/mol. The molecule has 0 atom stereocenters. The molecule has 1 aromatic carbocycles. The first-order valence-electron chi connectivity index (χ1n) is 5.51. The zero-order valence-electron chi connectivity index (χ0n) is 9.41. The van der Waals surface area contributed by atoms with Crippen LogP contribution in [0.2, 0.25) is 0 Å². The Hall–Kier alpha value is -1.35. The first-order valence-corrected chi connectivity index (χ1v) is 5.51. The third kappa shape index (κ3) is 2.09. The minimum absolute atomic E-state index is 0.249. The number of nitrogens with zero attached hydrogens (tertiary/aromatic N) is 1. The fourth-order valence-electron chi connectivity index (χ4n) is 2.12. The van der Waals surface area contributed by atoms with Gasteiger partial charge in [-0.2, -0.15) is 0 Å². The second kappa shape index (κ2) is 4.66. The van der Waals surface area contributed by atoms with Gasteiger partial charge in [0.25, 0.3) is 0 Å². The van der Waals surface area contributed by atoms with Crippen LogP contribution in [0, 0.1) is 5.82 Å². The summed E-state index contributed by atoms with van der Waals surface area (Å²) in [6.07, 6.45) is 3.18. The van der Waals surface area contributed by atoms with Crippen molar-refractivity contribution in [3.05, 3.63) is 41.2 Å². The summed E-state index contributed by atoms with van der Waals surface area (Å²) < 4.78 is 13.5. The van der Waals surface area contributed by atoms with Gasteiger partial charge in [0, 0.05) is 24.3 Å². The molecule has 2 nitrogen and oxygen atoms in total. The Kier molecular flexibility index (Phi) is 3.25. The highest BCUT2D eigenvalue weighted by molar-refractivity contribution is 5.55. The minimum atomic E-state index is -0.327. The lowest BCUT2D eigenvalue weighted by Gasteiger charge is -2.30. The van der Waals surface area contributed by atoms with Crippen molar-refractivity contribution in [3.8, 4) is 0 Å². The van der Waals surface area contributed by atoms with Gasteiger partial charge in [-0.1, -0.05) is 17.7 Å². The Balaban J connectivity index is 2.33. The highest BCUT2D eigenvalue weighted by Crippen LogP contribution is 2.26. The summed E-state index contributed by atoms with van der Waals surface area (Å²) in [5, 5.41) is 9.21. The number of hydrogen-bond acceptors (Lipinski definition) is 2. The molecule has 0 amide bonds. The van der Waals surface area contributed by atoms with E-state index in [4.69, 9.17) is 0 Å². The highest BCUT2D eigenvalue weighted by Gasteiger charge is 2.16. The first-order chi connectivity index (χ1) is 7.72. The summed E-state index contributed by atoms with van der Waals surface area (Å²) >= 11 is 0. The molecule has 1 aliphatic rings. The van der Waals surface area contributed by atoms with Crippen LogP contribution in [0.1, 0.15) is 18.9 Å². The molecular formula is C13H16FNO. The molecule has 0 aliphatic carbocycles. The van der Waals surface area contributed by atoms with Gasteiger partial charge < -0.3 is 10.0 Å². The average Bonchev–Trinajstić information content (AvgIpc) is 2.28. The van der Waals surface area contributed by atoms with E-state index in [9.17, 15) is 9.50 Å². The number of benzene rings is 1. The summed E-state index contributed by atoms with van der Waals surface area (Å²) in [6.45, 7) is 3.52. The highest BCUT2D eigenvalue weighted by atomic mass is 19.1. The van der Waals surface area contributed by atoms with Gasteiger partial charge in [-0.25, -0.2) is 4.39 Å². The van der Waals surface area contributed by atoms with Crippen LogP contribution in [0.4, 0.5) is 10.1 Å². The van der Waals surface area contributed by atoms with E-state index < -0.39 is 0 Å². The van der Waals surface area contributed by atoms with Crippen LogP contribution in [-0.2, 0) is 6.61 Å².